The normalized spacial score (nSPS) is 11.9. The molecule has 0 saturated carbocycles. The maximum absolute atomic E-state index is 9.39. The van der Waals surface area contributed by atoms with Gasteiger partial charge in [-0.1, -0.05) is 19.1 Å². The van der Waals surface area contributed by atoms with Crippen LogP contribution in [0.4, 0.5) is 5.69 Å². The summed E-state index contributed by atoms with van der Waals surface area (Å²) in [5.41, 5.74) is 3.02. The second-order valence-electron chi connectivity index (χ2n) is 4.76. The van der Waals surface area contributed by atoms with Gasteiger partial charge in [-0.3, -0.25) is 4.90 Å². The van der Waals surface area contributed by atoms with Gasteiger partial charge in [0.1, 0.15) is 11.1 Å². The Labute approximate surface area is 129 Å². The number of aryl methyl sites for hydroxylation is 1. The zero-order valence-corrected chi connectivity index (χ0v) is 13.4. The maximum atomic E-state index is 9.39. The standard InChI is InChI=1S/C16H19N3OS/c1-4-13-6-5-7-15(8-13)19(11-17)9-14-10-21-16(18-14)12(2)20-3/h5-8,10,12H,4,9H2,1-3H3/t12-/m1/s1. The molecular weight excluding hydrogens is 282 g/mol. The number of aromatic nitrogens is 1. The van der Waals surface area contributed by atoms with Crippen LogP contribution in [0.5, 0.6) is 0 Å². The fourth-order valence-electron chi connectivity index (χ4n) is 1.97. The van der Waals surface area contributed by atoms with Crippen molar-refractivity contribution in [2.24, 2.45) is 0 Å². The Balaban J connectivity index is 2.15. The van der Waals surface area contributed by atoms with E-state index < -0.39 is 0 Å². The lowest BCUT2D eigenvalue weighted by Crippen LogP contribution is -2.16. The van der Waals surface area contributed by atoms with Gasteiger partial charge in [-0.05, 0) is 31.0 Å². The topological polar surface area (TPSA) is 49.2 Å². The van der Waals surface area contributed by atoms with Crippen LogP contribution < -0.4 is 4.90 Å². The first-order valence-electron chi connectivity index (χ1n) is 6.91. The van der Waals surface area contributed by atoms with Gasteiger partial charge in [0.15, 0.2) is 6.19 Å². The first-order chi connectivity index (χ1) is 10.2. The number of nitriles is 1. The van der Waals surface area contributed by atoms with E-state index in [-0.39, 0.29) is 6.10 Å². The Bertz CT molecular complexity index is 632. The van der Waals surface area contributed by atoms with Crippen LogP contribution in [0.15, 0.2) is 29.6 Å². The third-order valence-corrected chi connectivity index (χ3v) is 4.40. The van der Waals surface area contributed by atoms with Crippen LogP contribution >= 0.6 is 11.3 Å². The number of methoxy groups -OCH3 is 1. The van der Waals surface area contributed by atoms with Crippen molar-refractivity contribution in [3.05, 3.63) is 45.9 Å². The van der Waals surface area contributed by atoms with Crippen LogP contribution in [-0.4, -0.2) is 12.1 Å². The number of thiazole rings is 1. The minimum absolute atomic E-state index is 0.0114. The molecular formula is C16H19N3OS. The smallest absolute Gasteiger partial charge is 0.184 e. The Morgan fingerprint density at radius 3 is 2.95 bits per heavy atom. The molecule has 0 N–H and O–H groups in total. The van der Waals surface area contributed by atoms with Crippen LogP contribution in [0, 0.1) is 11.5 Å². The quantitative estimate of drug-likeness (QED) is 0.600. The van der Waals surface area contributed by atoms with Gasteiger partial charge in [-0.2, -0.15) is 5.26 Å². The van der Waals surface area contributed by atoms with Crippen molar-refractivity contribution in [1.29, 1.82) is 5.26 Å². The van der Waals surface area contributed by atoms with Gasteiger partial charge >= 0.3 is 0 Å². The maximum Gasteiger partial charge on any atom is 0.184 e. The molecule has 1 heterocycles. The zero-order chi connectivity index (χ0) is 15.2. The molecule has 0 aliphatic heterocycles. The van der Waals surface area contributed by atoms with E-state index in [2.05, 4.69) is 24.2 Å². The van der Waals surface area contributed by atoms with Crippen LogP contribution in [0.1, 0.15) is 36.2 Å². The van der Waals surface area contributed by atoms with Gasteiger partial charge in [0, 0.05) is 12.5 Å². The molecule has 0 bridgehead atoms. The van der Waals surface area contributed by atoms with Gasteiger partial charge in [-0.15, -0.1) is 11.3 Å². The van der Waals surface area contributed by atoms with Crippen LogP contribution in [0.25, 0.3) is 0 Å². The summed E-state index contributed by atoms with van der Waals surface area (Å²) in [4.78, 5) is 6.20. The highest BCUT2D eigenvalue weighted by Gasteiger charge is 2.13. The van der Waals surface area contributed by atoms with Gasteiger partial charge < -0.3 is 4.74 Å². The van der Waals surface area contributed by atoms with Crippen molar-refractivity contribution in [2.75, 3.05) is 12.0 Å². The molecule has 0 radical (unpaired) electrons. The van der Waals surface area contributed by atoms with E-state index in [1.165, 1.54) is 5.56 Å². The lowest BCUT2D eigenvalue weighted by atomic mass is 10.1. The first-order valence-corrected chi connectivity index (χ1v) is 7.79. The molecule has 1 aromatic carbocycles. The van der Waals surface area contributed by atoms with E-state index >= 15 is 0 Å². The summed E-state index contributed by atoms with van der Waals surface area (Å²) in [6, 6.07) is 8.06. The van der Waals surface area contributed by atoms with Crippen molar-refractivity contribution in [3.8, 4) is 6.19 Å². The lowest BCUT2D eigenvalue weighted by molar-refractivity contribution is 0.119. The minimum atomic E-state index is -0.0114. The van der Waals surface area contributed by atoms with E-state index in [1.807, 2.05) is 30.5 Å². The molecule has 0 amide bonds. The molecule has 21 heavy (non-hydrogen) atoms. The molecule has 0 spiro atoms. The molecule has 0 unspecified atom stereocenters. The third-order valence-electron chi connectivity index (χ3n) is 3.34. The summed E-state index contributed by atoms with van der Waals surface area (Å²) in [7, 11) is 1.67. The molecule has 0 fully saturated rings. The molecule has 0 saturated heterocycles. The average molecular weight is 301 g/mol. The number of ether oxygens (including phenoxy) is 1. The minimum Gasteiger partial charge on any atom is -0.375 e. The van der Waals surface area contributed by atoms with Gasteiger partial charge in [-0.25, -0.2) is 4.98 Å². The Hall–Kier alpha value is -1.90. The number of benzene rings is 1. The first kappa shape index (κ1) is 15.5. The fraction of sp³-hybridized carbons (Fsp3) is 0.375. The van der Waals surface area contributed by atoms with E-state index in [9.17, 15) is 5.26 Å². The Morgan fingerprint density at radius 2 is 2.29 bits per heavy atom. The summed E-state index contributed by atoms with van der Waals surface area (Å²) in [6.07, 6.45) is 3.18. The highest BCUT2D eigenvalue weighted by atomic mass is 32.1. The molecule has 5 heteroatoms. The highest BCUT2D eigenvalue weighted by molar-refractivity contribution is 7.09. The monoisotopic (exact) mass is 301 g/mol. The number of rotatable bonds is 6. The molecule has 1 aromatic heterocycles. The second-order valence-corrected chi connectivity index (χ2v) is 5.65. The SMILES string of the molecule is CCc1cccc(N(C#N)Cc2csc([C@@H](C)OC)n2)c1. The van der Waals surface area contributed by atoms with E-state index in [4.69, 9.17) is 4.74 Å². The fourth-order valence-corrected chi connectivity index (χ4v) is 2.82. The van der Waals surface area contributed by atoms with Gasteiger partial charge in [0.25, 0.3) is 0 Å². The van der Waals surface area contributed by atoms with Crippen molar-refractivity contribution in [2.45, 2.75) is 32.9 Å². The number of hydrogen-bond acceptors (Lipinski definition) is 5. The molecule has 4 nitrogen and oxygen atoms in total. The molecule has 0 aliphatic rings. The zero-order valence-electron chi connectivity index (χ0n) is 12.5. The van der Waals surface area contributed by atoms with Gasteiger partial charge in [0.05, 0.1) is 17.9 Å². The predicted octanol–water partition coefficient (Wildman–Crippen LogP) is 3.90. The average Bonchev–Trinajstić information content (AvgIpc) is 3.00. The van der Waals surface area contributed by atoms with E-state index in [0.29, 0.717) is 6.54 Å². The largest absolute Gasteiger partial charge is 0.375 e. The summed E-state index contributed by atoms with van der Waals surface area (Å²) >= 11 is 1.57. The van der Waals surface area contributed by atoms with E-state index in [0.717, 1.165) is 22.8 Å². The molecule has 0 aliphatic carbocycles. The van der Waals surface area contributed by atoms with Crippen molar-refractivity contribution in [3.63, 3.8) is 0 Å². The van der Waals surface area contributed by atoms with E-state index in [1.54, 1.807) is 23.3 Å². The van der Waals surface area contributed by atoms with Gasteiger partial charge in [0.2, 0.25) is 0 Å². The van der Waals surface area contributed by atoms with Crippen LogP contribution in [0.2, 0.25) is 0 Å². The third kappa shape index (κ3) is 3.81. The number of anilines is 1. The number of nitrogens with zero attached hydrogens (tertiary/aromatic N) is 3. The molecule has 1 atom stereocenters. The Kier molecular flexibility index (Phi) is 5.32. The Morgan fingerprint density at radius 1 is 1.48 bits per heavy atom. The van der Waals surface area contributed by atoms with Crippen molar-refractivity contribution in [1.82, 2.24) is 4.98 Å². The summed E-state index contributed by atoms with van der Waals surface area (Å²) in [6.45, 7) is 4.56. The second kappa shape index (κ2) is 7.21. The highest BCUT2D eigenvalue weighted by Crippen LogP contribution is 2.23. The molecule has 2 rings (SSSR count). The predicted molar refractivity (Wildman–Crippen MR) is 85.2 cm³/mol. The lowest BCUT2D eigenvalue weighted by Gasteiger charge is -2.15. The summed E-state index contributed by atoms with van der Waals surface area (Å²) < 4.78 is 5.27. The summed E-state index contributed by atoms with van der Waals surface area (Å²) in [5.74, 6) is 0. The molecule has 110 valence electrons. The van der Waals surface area contributed by atoms with Crippen molar-refractivity contribution >= 4 is 17.0 Å². The molecule has 2 aromatic rings. The number of hydrogen-bond donors (Lipinski definition) is 0. The van der Waals surface area contributed by atoms with Crippen LogP contribution in [-0.2, 0) is 17.7 Å². The van der Waals surface area contributed by atoms with Crippen molar-refractivity contribution < 1.29 is 4.74 Å². The summed E-state index contributed by atoms with van der Waals surface area (Å²) in [5, 5.41) is 12.3. The van der Waals surface area contributed by atoms with Crippen LogP contribution in [0.3, 0.4) is 0 Å².